The smallest absolute Gasteiger partial charge is 0.257 e. The summed E-state index contributed by atoms with van der Waals surface area (Å²) in [6.45, 7) is 4.70. The average molecular weight is 442 g/mol. The van der Waals surface area contributed by atoms with E-state index in [4.69, 9.17) is 11.6 Å². The molecule has 0 saturated heterocycles. The molecule has 2 amide bonds. The van der Waals surface area contributed by atoms with Crippen molar-refractivity contribution in [1.29, 1.82) is 0 Å². The molecule has 0 aliphatic heterocycles. The molecule has 1 N–H and O–H groups in total. The third kappa shape index (κ3) is 5.59. The largest absolute Gasteiger partial charge is 0.377 e. The maximum atomic E-state index is 13.2. The maximum Gasteiger partial charge on any atom is 0.257 e. The van der Waals surface area contributed by atoms with Crippen molar-refractivity contribution in [2.45, 2.75) is 52.1 Å². The molecule has 0 heterocycles. The van der Waals surface area contributed by atoms with E-state index in [0.717, 1.165) is 36.9 Å². The Kier molecular flexibility index (Phi) is 7.60. The number of hydrogen-bond donors (Lipinski definition) is 1. The third-order valence-corrected chi connectivity index (χ3v) is 6.21. The zero-order chi connectivity index (χ0) is 22.5. The monoisotopic (exact) mass is 441 g/mol. The zero-order valence-corrected chi connectivity index (χ0v) is 19.6. The van der Waals surface area contributed by atoms with Crippen LogP contribution in [0.15, 0.2) is 42.5 Å². The fourth-order valence-electron chi connectivity index (χ4n) is 3.90. The van der Waals surface area contributed by atoms with E-state index in [1.54, 1.807) is 24.3 Å². The van der Waals surface area contributed by atoms with E-state index in [0.29, 0.717) is 28.9 Å². The van der Waals surface area contributed by atoms with Crippen LogP contribution in [-0.2, 0) is 11.3 Å². The van der Waals surface area contributed by atoms with Crippen molar-refractivity contribution >= 4 is 34.8 Å². The highest BCUT2D eigenvalue weighted by Gasteiger charge is 2.35. The van der Waals surface area contributed by atoms with E-state index in [2.05, 4.69) is 19.2 Å². The number of nitrogens with one attached hydrogen (secondary N) is 1. The Bertz CT molecular complexity index is 936. The Morgan fingerprint density at radius 2 is 1.77 bits per heavy atom. The van der Waals surface area contributed by atoms with Gasteiger partial charge < -0.3 is 15.1 Å². The molecule has 2 aromatic rings. The van der Waals surface area contributed by atoms with Crippen LogP contribution in [0.25, 0.3) is 0 Å². The summed E-state index contributed by atoms with van der Waals surface area (Å²) in [6.07, 6.45) is 3.83. The molecule has 1 fully saturated rings. The molecule has 1 saturated carbocycles. The lowest BCUT2D eigenvalue weighted by atomic mass is 10.0. The van der Waals surface area contributed by atoms with Gasteiger partial charge in [-0.2, -0.15) is 0 Å². The maximum absolute atomic E-state index is 13.2. The second-order valence-electron chi connectivity index (χ2n) is 8.38. The van der Waals surface area contributed by atoms with Gasteiger partial charge in [0.2, 0.25) is 5.91 Å². The number of carbonyl (C=O) groups is 2. The van der Waals surface area contributed by atoms with Gasteiger partial charge in [-0.05, 0) is 61.6 Å². The second kappa shape index (κ2) is 10.2. The predicted molar refractivity (Wildman–Crippen MR) is 128 cm³/mol. The van der Waals surface area contributed by atoms with Gasteiger partial charge in [-0.1, -0.05) is 37.6 Å². The van der Waals surface area contributed by atoms with Crippen LogP contribution in [0.4, 0.5) is 11.4 Å². The minimum absolute atomic E-state index is 0.0616. The summed E-state index contributed by atoms with van der Waals surface area (Å²) in [4.78, 5) is 30.0. The lowest BCUT2D eigenvalue weighted by Gasteiger charge is -2.29. The van der Waals surface area contributed by atoms with Crippen LogP contribution >= 0.6 is 11.6 Å². The van der Waals surface area contributed by atoms with E-state index in [1.165, 1.54) is 0 Å². The number of hydrogen-bond acceptors (Lipinski definition) is 3. The lowest BCUT2D eigenvalue weighted by molar-refractivity contribution is -0.137. The summed E-state index contributed by atoms with van der Waals surface area (Å²) >= 11 is 6.17. The molecule has 1 aliphatic rings. The van der Waals surface area contributed by atoms with Crippen molar-refractivity contribution in [3.63, 3.8) is 0 Å². The van der Waals surface area contributed by atoms with Gasteiger partial charge in [0.15, 0.2) is 0 Å². The van der Waals surface area contributed by atoms with Crippen LogP contribution in [0, 0.1) is 5.92 Å². The van der Waals surface area contributed by atoms with E-state index in [9.17, 15) is 9.59 Å². The Hall–Kier alpha value is -2.53. The minimum Gasteiger partial charge on any atom is -0.377 e. The van der Waals surface area contributed by atoms with Gasteiger partial charge >= 0.3 is 0 Å². The molecule has 0 spiro atoms. The minimum atomic E-state index is -0.249. The van der Waals surface area contributed by atoms with Gasteiger partial charge in [0, 0.05) is 44.0 Å². The highest BCUT2D eigenvalue weighted by molar-refractivity contribution is 6.34. The van der Waals surface area contributed by atoms with Crippen molar-refractivity contribution in [2.75, 3.05) is 24.3 Å². The Labute approximate surface area is 190 Å². The van der Waals surface area contributed by atoms with E-state index >= 15 is 0 Å². The molecule has 0 radical (unpaired) electrons. The van der Waals surface area contributed by atoms with Crippen molar-refractivity contribution in [1.82, 2.24) is 4.90 Å². The van der Waals surface area contributed by atoms with Crippen molar-refractivity contribution in [3.05, 3.63) is 58.6 Å². The van der Waals surface area contributed by atoms with Gasteiger partial charge in [0.25, 0.3) is 5.91 Å². The predicted octanol–water partition coefficient (Wildman–Crippen LogP) is 5.59. The van der Waals surface area contributed by atoms with Crippen molar-refractivity contribution in [2.24, 2.45) is 5.92 Å². The Balaban J connectivity index is 1.87. The van der Waals surface area contributed by atoms with Gasteiger partial charge in [-0.3, -0.25) is 9.59 Å². The molecule has 0 atom stereocenters. The number of anilines is 2. The topological polar surface area (TPSA) is 52.7 Å². The van der Waals surface area contributed by atoms with Crippen molar-refractivity contribution < 1.29 is 9.59 Å². The molecular weight excluding hydrogens is 410 g/mol. The Morgan fingerprint density at radius 3 is 2.35 bits per heavy atom. The van der Waals surface area contributed by atoms with E-state index < -0.39 is 0 Å². The first-order chi connectivity index (χ1) is 14.8. The van der Waals surface area contributed by atoms with Crippen LogP contribution < -0.4 is 10.2 Å². The summed E-state index contributed by atoms with van der Waals surface area (Å²) in [5, 5.41) is 3.37. The summed E-state index contributed by atoms with van der Waals surface area (Å²) in [6, 6.07) is 13.2. The van der Waals surface area contributed by atoms with Crippen LogP contribution in [0.2, 0.25) is 5.02 Å². The van der Waals surface area contributed by atoms with Gasteiger partial charge in [0.05, 0.1) is 10.6 Å². The quantitative estimate of drug-likeness (QED) is 0.552. The number of rotatable bonds is 9. The van der Waals surface area contributed by atoms with Crippen LogP contribution in [-0.4, -0.2) is 36.9 Å². The third-order valence-electron chi connectivity index (χ3n) is 5.88. The molecule has 31 heavy (non-hydrogen) atoms. The first kappa shape index (κ1) is 23.1. The molecule has 0 unspecified atom stereocenters. The normalized spacial score (nSPS) is 13.2. The van der Waals surface area contributed by atoms with Gasteiger partial charge in [0.1, 0.15) is 0 Å². The highest BCUT2D eigenvalue weighted by Crippen LogP contribution is 2.33. The molecule has 5 nitrogen and oxygen atoms in total. The summed E-state index contributed by atoms with van der Waals surface area (Å²) in [5.74, 6) is 0.0514. The second-order valence-corrected chi connectivity index (χ2v) is 8.79. The van der Waals surface area contributed by atoms with Crippen LogP contribution in [0.5, 0.6) is 0 Å². The Morgan fingerprint density at radius 1 is 1.10 bits per heavy atom. The van der Waals surface area contributed by atoms with Crippen LogP contribution in [0.3, 0.4) is 0 Å². The number of benzene rings is 2. The molecule has 3 rings (SSSR count). The molecule has 0 bridgehead atoms. The number of nitrogens with zero attached hydrogens (tertiary/aromatic N) is 2. The summed E-state index contributed by atoms with van der Waals surface area (Å²) in [5.41, 5.74) is 3.19. The van der Waals surface area contributed by atoms with Gasteiger partial charge in [-0.25, -0.2) is 0 Å². The fraction of sp³-hybridized carbons (Fsp3) is 0.440. The van der Waals surface area contributed by atoms with Crippen molar-refractivity contribution in [3.8, 4) is 0 Å². The lowest BCUT2D eigenvalue weighted by Crippen LogP contribution is -2.37. The molecule has 6 heteroatoms. The number of carbonyl (C=O) groups excluding carboxylic acids is 2. The summed E-state index contributed by atoms with van der Waals surface area (Å²) < 4.78 is 0. The fourth-order valence-corrected chi connectivity index (χ4v) is 4.12. The zero-order valence-electron chi connectivity index (χ0n) is 18.8. The van der Waals surface area contributed by atoms with Gasteiger partial charge in [-0.15, -0.1) is 0 Å². The number of halogens is 1. The van der Waals surface area contributed by atoms with E-state index in [1.807, 2.05) is 42.1 Å². The first-order valence-corrected chi connectivity index (χ1v) is 11.4. The highest BCUT2D eigenvalue weighted by atomic mass is 35.5. The molecule has 0 aromatic heterocycles. The first-order valence-electron chi connectivity index (χ1n) is 11.0. The molecule has 166 valence electrons. The van der Waals surface area contributed by atoms with E-state index in [-0.39, 0.29) is 17.7 Å². The number of amides is 2. The standard InChI is InChI=1S/C25H32ClN3O2/c1-5-17(6-2)25(31)29(20-12-13-20)16-18-15-19(11-14-23(18)28(3)4)27-24(30)21-9-7-8-10-22(21)26/h7-11,14-15,17,20H,5-6,12-13,16H2,1-4H3,(H,27,30). The molecule has 2 aromatic carbocycles. The average Bonchev–Trinajstić information content (AvgIpc) is 3.58. The molecular formula is C25H32ClN3O2. The molecule has 1 aliphatic carbocycles. The summed E-state index contributed by atoms with van der Waals surface area (Å²) in [7, 11) is 3.98. The SMILES string of the molecule is CCC(CC)C(=O)N(Cc1cc(NC(=O)c2ccccc2Cl)ccc1N(C)C)C1CC1. The van der Waals surface area contributed by atoms with Crippen LogP contribution in [0.1, 0.15) is 55.5 Å².